The van der Waals surface area contributed by atoms with E-state index >= 15 is 0 Å². The van der Waals surface area contributed by atoms with Gasteiger partial charge in [0.15, 0.2) is 11.5 Å². The van der Waals surface area contributed by atoms with Crippen LogP contribution in [0.3, 0.4) is 0 Å². The molecular formula is C19H18N6O2S. The number of pyridine rings is 1. The summed E-state index contributed by atoms with van der Waals surface area (Å²) in [6.07, 6.45) is 3.71. The maximum absolute atomic E-state index is 11.9. The molecule has 142 valence electrons. The molecule has 0 saturated heterocycles. The van der Waals surface area contributed by atoms with Crippen LogP contribution >= 0.6 is 11.8 Å². The summed E-state index contributed by atoms with van der Waals surface area (Å²) in [5.41, 5.74) is 3.84. The number of aromatic nitrogens is 5. The van der Waals surface area contributed by atoms with Crippen LogP contribution in [0.25, 0.3) is 17.0 Å². The van der Waals surface area contributed by atoms with E-state index in [1.165, 1.54) is 29.1 Å². The van der Waals surface area contributed by atoms with Crippen LogP contribution in [0.15, 0.2) is 53.9 Å². The number of carbonyl (C=O) groups excluding carboxylic acids is 1. The van der Waals surface area contributed by atoms with Crippen LogP contribution in [0.4, 0.5) is 0 Å². The number of fused-ring (bicyclic) bond motifs is 1. The highest BCUT2D eigenvalue weighted by atomic mass is 32.2. The largest absolute Gasteiger partial charge is 0.465 e. The molecule has 2 N–H and O–H groups in total. The lowest BCUT2D eigenvalue weighted by molar-refractivity contribution is 0.0602. The number of thioether (sulfide) groups is 1. The van der Waals surface area contributed by atoms with E-state index in [4.69, 9.17) is 10.6 Å². The Balaban J connectivity index is 1.55. The van der Waals surface area contributed by atoms with Gasteiger partial charge in [-0.3, -0.25) is 0 Å². The van der Waals surface area contributed by atoms with Gasteiger partial charge in [-0.05, 0) is 19.1 Å². The van der Waals surface area contributed by atoms with E-state index in [-0.39, 0.29) is 0 Å². The van der Waals surface area contributed by atoms with E-state index in [1.807, 2.05) is 43.6 Å². The number of nitrogens with two attached hydrogens (primary N) is 1. The fourth-order valence-corrected chi connectivity index (χ4v) is 3.56. The third kappa shape index (κ3) is 3.31. The van der Waals surface area contributed by atoms with Gasteiger partial charge in [0.1, 0.15) is 5.56 Å². The van der Waals surface area contributed by atoms with Gasteiger partial charge in [-0.1, -0.05) is 41.6 Å². The molecule has 3 heterocycles. The molecule has 0 radical (unpaired) electrons. The van der Waals surface area contributed by atoms with Crippen molar-refractivity contribution in [2.24, 2.45) is 0 Å². The second-order valence-electron chi connectivity index (χ2n) is 6.21. The first-order valence-corrected chi connectivity index (χ1v) is 9.50. The van der Waals surface area contributed by atoms with Gasteiger partial charge < -0.3 is 15.0 Å². The molecule has 1 aromatic carbocycles. The van der Waals surface area contributed by atoms with Gasteiger partial charge in [0.2, 0.25) is 5.16 Å². The quantitative estimate of drug-likeness (QED) is 0.315. The third-order valence-corrected chi connectivity index (χ3v) is 5.24. The van der Waals surface area contributed by atoms with E-state index < -0.39 is 5.97 Å². The first-order valence-electron chi connectivity index (χ1n) is 8.52. The average molecular weight is 394 g/mol. The Morgan fingerprint density at radius 3 is 2.75 bits per heavy atom. The van der Waals surface area contributed by atoms with Gasteiger partial charge in [0, 0.05) is 23.7 Å². The summed E-state index contributed by atoms with van der Waals surface area (Å²) >= 11 is 1.43. The number of rotatable bonds is 5. The maximum atomic E-state index is 11.9. The Hall–Kier alpha value is -3.33. The van der Waals surface area contributed by atoms with E-state index in [9.17, 15) is 4.79 Å². The second-order valence-corrected chi connectivity index (χ2v) is 7.15. The van der Waals surface area contributed by atoms with Crippen LogP contribution in [0.5, 0.6) is 0 Å². The lowest BCUT2D eigenvalue weighted by Crippen LogP contribution is -2.11. The number of esters is 1. The van der Waals surface area contributed by atoms with Crippen molar-refractivity contribution in [1.29, 1.82) is 0 Å². The number of imidazole rings is 1. The number of nitrogens with zero attached hydrogens (tertiary/aromatic N) is 5. The van der Waals surface area contributed by atoms with Gasteiger partial charge in [0.25, 0.3) is 0 Å². The van der Waals surface area contributed by atoms with Crippen LogP contribution < -0.4 is 5.84 Å². The Morgan fingerprint density at radius 1 is 1.21 bits per heavy atom. The van der Waals surface area contributed by atoms with E-state index in [0.29, 0.717) is 27.9 Å². The molecule has 0 atom stereocenters. The highest BCUT2D eigenvalue weighted by Crippen LogP contribution is 2.25. The number of ether oxygens (including phenoxy) is 1. The molecule has 0 amide bonds. The number of carbonyl (C=O) groups is 1. The van der Waals surface area contributed by atoms with Crippen LogP contribution in [0, 0.1) is 6.92 Å². The summed E-state index contributed by atoms with van der Waals surface area (Å²) in [6.45, 7) is 2.03. The highest BCUT2D eigenvalue weighted by molar-refractivity contribution is 7.98. The Bertz CT molecular complexity index is 1150. The molecule has 3 aromatic heterocycles. The molecule has 0 spiro atoms. The highest BCUT2D eigenvalue weighted by Gasteiger charge is 2.15. The molecule has 4 aromatic rings. The van der Waals surface area contributed by atoms with Crippen LogP contribution in [-0.2, 0) is 10.5 Å². The summed E-state index contributed by atoms with van der Waals surface area (Å²) in [7, 11) is 1.35. The van der Waals surface area contributed by atoms with Crippen molar-refractivity contribution in [3.8, 4) is 11.4 Å². The molecule has 8 nitrogen and oxygen atoms in total. The first-order chi connectivity index (χ1) is 13.6. The first kappa shape index (κ1) is 18.1. The average Bonchev–Trinajstić information content (AvgIpc) is 3.29. The summed E-state index contributed by atoms with van der Waals surface area (Å²) in [5.74, 6) is 6.90. The van der Waals surface area contributed by atoms with E-state index in [2.05, 4.69) is 15.2 Å². The van der Waals surface area contributed by atoms with E-state index in [0.717, 1.165) is 11.3 Å². The lowest BCUT2D eigenvalue weighted by Gasteiger charge is -2.03. The zero-order chi connectivity index (χ0) is 19.7. The smallest absolute Gasteiger partial charge is 0.341 e. The number of hydrogen-bond acceptors (Lipinski definition) is 7. The Morgan fingerprint density at radius 2 is 2.00 bits per heavy atom. The van der Waals surface area contributed by atoms with Gasteiger partial charge in [-0.25, -0.2) is 14.5 Å². The lowest BCUT2D eigenvalue weighted by atomic mass is 10.1. The standard InChI is InChI=1S/C19H18N6O2S/c1-12-5-7-13(8-6-12)16-22-23-19(25(16)20)28-11-14-10-24-9-3-4-15(17(24)21-14)18(26)27-2/h3-10H,11,20H2,1-2H3. The van der Waals surface area contributed by atoms with Crippen molar-refractivity contribution in [1.82, 2.24) is 24.3 Å². The normalized spacial score (nSPS) is 11.1. The molecular weight excluding hydrogens is 376 g/mol. The molecule has 0 aliphatic rings. The predicted molar refractivity (Wildman–Crippen MR) is 106 cm³/mol. The molecule has 0 fully saturated rings. The molecule has 0 aliphatic heterocycles. The molecule has 0 saturated carbocycles. The molecule has 0 bridgehead atoms. The van der Waals surface area contributed by atoms with Crippen LogP contribution in [0.1, 0.15) is 21.6 Å². The monoisotopic (exact) mass is 394 g/mol. The van der Waals surface area contributed by atoms with Crippen molar-refractivity contribution in [3.63, 3.8) is 0 Å². The topological polar surface area (TPSA) is 100 Å². The van der Waals surface area contributed by atoms with Crippen molar-refractivity contribution >= 4 is 23.4 Å². The zero-order valence-corrected chi connectivity index (χ0v) is 16.2. The minimum absolute atomic E-state index is 0.417. The minimum atomic E-state index is -0.417. The number of hydrogen-bond donors (Lipinski definition) is 1. The van der Waals surface area contributed by atoms with Crippen molar-refractivity contribution in [3.05, 3.63) is 65.6 Å². The molecule has 28 heavy (non-hydrogen) atoms. The molecule has 0 aliphatic carbocycles. The summed E-state index contributed by atoms with van der Waals surface area (Å²) in [5, 5.41) is 8.97. The number of methoxy groups -OCH3 is 1. The zero-order valence-electron chi connectivity index (χ0n) is 15.4. The third-order valence-electron chi connectivity index (χ3n) is 4.26. The maximum Gasteiger partial charge on any atom is 0.341 e. The van der Waals surface area contributed by atoms with Crippen LogP contribution in [-0.4, -0.2) is 37.3 Å². The van der Waals surface area contributed by atoms with Crippen molar-refractivity contribution in [2.75, 3.05) is 13.0 Å². The fourth-order valence-electron chi connectivity index (χ4n) is 2.82. The number of benzene rings is 1. The summed E-state index contributed by atoms with van der Waals surface area (Å²) in [4.78, 5) is 16.4. The number of nitrogen functional groups attached to an aromatic ring is 1. The van der Waals surface area contributed by atoms with Crippen molar-refractivity contribution in [2.45, 2.75) is 17.8 Å². The van der Waals surface area contributed by atoms with Gasteiger partial charge in [-0.2, -0.15) is 0 Å². The molecule has 4 rings (SSSR count). The van der Waals surface area contributed by atoms with Gasteiger partial charge >= 0.3 is 5.97 Å². The van der Waals surface area contributed by atoms with Crippen LogP contribution in [0.2, 0.25) is 0 Å². The minimum Gasteiger partial charge on any atom is -0.465 e. The Labute approximate surface area is 165 Å². The summed E-state index contributed by atoms with van der Waals surface area (Å²) in [6, 6.07) is 11.4. The van der Waals surface area contributed by atoms with E-state index in [1.54, 1.807) is 16.5 Å². The SMILES string of the molecule is COC(=O)c1cccn2cc(CSc3nnc(-c4ccc(C)cc4)n3N)nc12. The Kier molecular flexibility index (Phi) is 4.74. The van der Waals surface area contributed by atoms with Gasteiger partial charge in [-0.15, -0.1) is 10.2 Å². The number of aryl methyl sites for hydroxylation is 1. The molecule has 9 heteroatoms. The van der Waals surface area contributed by atoms with Crippen molar-refractivity contribution < 1.29 is 9.53 Å². The second kappa shape index (κ2) is 7.35. The summed E-state index contributed by atoms with van der Waals surface area (Å²) < 4.78 is 8.09. The molecule has 0 unspecified atom stereocenters. The van der Waals surface area contributed by atoms with Gasteiger partial charge in [0.05, 0.1) is 12.8 Å². The fraction of sp³-hybridized carbons (Fsp3) is 0.158. The predicted octanol–water partition coefficient (Wildman–Crippen LogP) is 2.69.